The highest BCUT2D eigenvalue weighted by molar-refractivity contribution is 7.80. The van der Waals surface area contributed by atoms with Crippen LogP contribution in [0.25, 0.3) is 0 Å². The number of anilines is 1. The number of nitrogens with one attached hydrogen (secondary N) is 1. The van der Waals surface area contributed by atoms with E-state index in [0.29, 0.717) is 16.3 Å². The van der Waals surface area contributed by atoms with E-state index in [0.717, 1.165) is 11.3 Å². The first-order chi connectivity index (χ1) is 10.0. The fourth-order valence-corrected chi connectivity index (χ4v) is 1.85. The van der Waals surface area contributed by atoms with E-state index in [1.807, 2.05) is 31.2 Å². The normalized spacial score (nSPS) is 9.95. The summed E-state index contributed by atoms with van der Waals surface area (Å²) in [7, 11) is 0. The fourth-order valence-electron chi connectivity index (χ4n) is 1.72. The van der Waals surface area contributed by atoms with Crippen LogP contribution in [-0.2, 0) is 4.79 Å². The van der Waals surface area contributed by atoms with Gasteiger partial charge >= 0.3 is 0 Å². The zero-order chi connectivity index (χ0) is 15.2. The number of hydrogen-bond acceptors (Lipinski definition) is 3. The summed E-state index contributed by atoms with van der Waals surface area (Å²) in [6, 6.07) is 14.6. The topological polar surface area (TPSA) is 64.3 Å². The van der Waals surface area contributed by atoms with E-state index in [4.69, 9.17) is 22.7 Å². The third kappa shape index (κ3) is 4.57. The van der Waals surface area contributed by atoms with Crippen molar-refractivity contribution in [3.8, 4) is 5.75 Å². The van der Waals surface area contributed by atoms with Gasteiger partial charge in [0.15, 0.2) is 6.61 Å². The third-order valence-corrected chi connectivity index (χ3v) is 3.06. The Balaban J connectivity index is 1.90. The minimum atomic E-state index is -0.223. The number of thiocarbonyl (C=S) groups is 1. The van der Waals surface area contributed by atoms with Crippen LogP contribution in [0.15, 0.2) is 48.5 Å². The molecule has 0 spiro atoms. The summed E-state index contributed by atoms with van der Waals surface area (Å²) in [5.74, 6) is 0.332. The van der Waals surface area contributed by atoms with Gasteiger partial charge in [0.25, 0.3) is 5.91 Å². The molecular formula is C16H16N2O2S. The lowest BCUT2D eigenvalue weighted by Crippen LogP contribution is -2.20. The van der Waals surface area contributed by atoms with Crippen LogP contribution in [0.1, 0.15) is 11.1 Å². The molecule has 3 N–H and O–H groups in total. The van der Waals surface area contributed by atoms with Crippen molar-refractivity contribution < 1.29 is 9.53 Å². The van der Waals surface area contributed by atoms with Crippen LogP contribution in [0, 0.1) is 6.92 Å². The molecule has 2 aromatic carbocycles. The Morgan fingerprint density at radius 3 is 2.62 bits per heavy atom. The van der Waals surface area contributed by atoms with Crippen LogP contribution in [0.4, 0.5) is 5.69 Å². The summed E-state index contributed by atoms with van der Waals surface area (Å²) >= 11 is 4.90. The summed E-state index contributed by atoms with van der Waals surface area (Å²) in [6.45, 7) is 1.91. The number of aryl methyl sites for hydroxylation is 1. The van der Waals surface area contributed by atoms with Crippen molar-refractivity contribution in [2.75, 3.05) is 11.9 Å². The van der Waals surface area contributed by atoms with Gasteiger partial charge in [0.2, 0.25) is 0 Å². The largest absolute Gasteiger partial charge is 0.484 e. The minimum absolute atomic E-state index is 0.0747. The van der Waals surface area contributed by atoms with Crippen molar-refractivity contribution in [1.82, 2.24) is 0 Å². The molecule has 0 heterocycles. The molecule has 0 aliphatic rings. The molecule has 0 aliphatic carbocycles. The van der Waals surface area contributed by atoms with Crippen molar-refractivity contribution in [2.24, 2.45) is 5.73 Å². The number of benzene rings is 2. The lowest BCUT2D eigenvalue weighted by molar-refractivity contribution is -0.118. The quantitative estimate of drug-likeness (QED) is 0.833. The molecule has 0 unspecified atom stereocenters. The second-order valence-corrected chi connectivity index (χ2v) is 5.03. The molecule has 0 fully saturated rings. The van der Waals surface area contributed by atoms with Gasteiger partial charge in [0.1, 0.15) is 10.7 Å². The van der Waals surface area contributed by atoms with Gasteiger partial charge in [-0.3, -0.25) is 4.79 Å². The summed E-state index contributed by atoms with van der Waals surface area (Å²) < 4.78 is 5.43. The molecule has 0 saturated heterocycles. The van der Waals surface area contributed by atoms with Crippen molar-refractivity contribution in [3.63, 3.8) is 0 Å². The molecule has 4 nitrogen and oxygen atoms in total. The van der Waals surface area contributed by atoms with E-state index in [-0.39, 0.29) is 12.5 Å². The number of nitrogens with two attached hydrogens (primary N) is 1. The number of amides is 1. The van der Waals surface area contributed by atoms with Crippen LogP contribution >= 0.6 is 12.2 Å². The predicted molar refractivity (Wildman–Crippen MR) is 87.6 cm³/mol. The van der Waals surface area contributed by atoms with Crippen molar-refractivity contribution >= 4 is 28.8 Å². The van der Waals surface area contributed by atoms with Gasteiger partial charge in [0.05, 0.1) is 0 Å². The molecule has 1 amide bonds. The molecule has 0 aromatic heterocycles. The van der Waals surface area contributed by atoms with Gasteiger partial charge in [-0.05, 0) is 31.2 Å². The Bertz CT molecular complexity index is 654. The average molecular weight is 300 g/mol. The molecule has 2 rings (SSSR count). The summed E-state index contributed by atoms with van der Waals surface area (Å²) in [5.41, 5.74) is 8.14. The summed E-state index contributed by atoms with van der Waals surface area (Å²) in [6.07, 6.45) is 0. The standard InChI is InChI=1S/C16H16N2O2S/c1-11-5-7-13(8-6-11)18-15(19)10-20-14-4-2-3-12(9-14)16(17)21/h2-9H,10H2,1H3,(H2,17,21)(H,18,19). The van der Waals surface area contributed by atoms with Crippen LogP contribution in [0.3, 0.4) is 0 Å². The molecule has 0 bridgehead atoms. The number of rotatable bonds is 5. The van der Waals surface area contributed by atoms with E-state index in [1.165, 1.54) is 0 Å². The monoisotopic (exact) mass is 300 g/mol. The zero-order valence-corrected chi connectivity index (χ0v) is 12.4. The summed E-state index contributed by atoms with van der Waals surface area (Å²) in [4.78, 5) is 12.1. The molecule has 21 heavy (non-hydrogen) atoms. The lowest BCUT2D eigenvalue weighted by atomic mass is 10.2. The van der Waals surface area contributed by atoms with E-state index < -0.39 is 0 Å². The number of carbonyl (C=O) groups is 1. The Kier molecular flexibility index (Phi) is 4.90. The minimum Gasteiger partial charge on any atom is -0.484 e. The maximum absolute atomic E-state index is 11.8. The Hall–Kier alpha value is -2.40. The second kappa shape index (κ2) is 6.85. The zero-order valence-electron chi connectivity index (χ0n) is 11.6. The van der Waals surface area contributed by atoms with E-state index in [1.54, 1.807) is 24.3 Å². The third-order valence-electron chi connectivity index (χ3n) is 2.82. The van der Waals surface area contributed by atoms with Gasteiger partial charge in [-0.25, -0.2) is 0 Å². The first kappa shape index (κ1) is 15.0. The highest BCUT2D eigenvalue weighted by Gasteiger charge is 2.05. The van der Waals surface area contributed by atoms with Crippen LogP contribution < -0.4 is 15.8 Å². The van der Waals surface area contributed by atoms with Crippen LogP contribution in [-0.4, -0.2) is 17.5 Å². The number of carbonyl (C=O) groups excluding carboxylic acids is 1. The number of ether oxygens (including phenoxy) is 1. The van der Waals surface area contributed by atoms with E-state index in [2.05, 4.69) is 5.32 Å². The highest BCUT2D eigenvalue weighted by atomic mass is 32.1. The van der Waals surface area contributed by atoms with Crippen LogP contribution in [0.2, 0.25) is 0 Å². The van der Waals surface area contributed by atoms with Gasteiger partial charge in [-0.15, -0.1) is 0 Å². The van der Waals surface area contributed by atoms with Crippen molar-refractivity contribution in [2.45, 2.75) is 6.92 Å². The smallest absolute Gasteiger partial charge is 0.262 e. The molecule has 2 aromatic rings. The molecule has 108 valence electrons. The second-order valence-electron chi connectivity index (χ2n) is 4.59. The maximum Gasteiger partial charge on any atom is 0.262 e. The molecule has 0 aliphatic heterocycles. The molecule has 5 heteroatoms. The molecule has 0 atom stereocenters. The van der Waals surface area contributed by atoms with Gasteiger partial charge in [0, 0.05) is 11.3 Å². The Morgan fingerprint density at radius 1 is 1.24 bits per heavy atom. The van der Waals surface area contributed by atoms with Gasteiger partial charge in [-0.2, -0.15) is 0 Å². The first-order valence-electron chi connectivity index (χ1n) is 6.44. The first-order valence-corrected chi connectivity index (χ1v) is 6.84. The highest BCUT2D eigenvalue weighted by Crippen LogP contribution is 2.13. The van der Waals surface area contributed by atoms with E-state index >= 15 is 0 Å². The van der Waals surface area contributed by atoms with Crippen molar-refractivity contribution in [1.29, 1.82) is 0 Å². The molecule has 0 radical (unpaired) electrons. The predicted octanol–water partition coefficient (Wildman–Crippen LogP) is 2.65. The fraction of sp³-hybridized carbons (Fsp3) is 0.125. The lowest BCUT2D eigenvalue weighted by Gasteiger charge is -2.08. The molecule has 0 saturated carbocycles. The van der Waals surface area contributed by atoms with Gasteiger partial charge in [-0.1, -0.05) is 42.0 Å². The Morgan fingerprint density at radius 2 is 1.95 bits per heavy atom. The molecular weight excluding hydrogens is 284 g/mol. The van der Waals surface area contributed by atoms with Crippen LogP contribution in [0.5, 0.6) is 5.75 Å². The van der Waals surface area contributed by atoms with Gasteiger partial charge < -0.3 is 15.8 Å². The number of hydrogen-bond donors (Lipinski definition) is 2. The van der Waals surface area contributed by atoms with Crippen molar-refractivity contribution in [3.05, 3.63) is 59.7 Å². The Labute approximate surface area is 128 Å². The maximum atomic E-state index is 11.8. The average Bonchev–Trinajstić information content (AvgIpc) is 2.48. The summed E-state index contributed by atoms with van der Waals surface area (Å²) in [5, 5.41) is 2.76. The SMILES string of the molecule is Cc1ccc(NC(=O)COc2cccc(C(N)=S)c2)cc1. The van der Waals surface area contributed by atoms with E-state index in [9.17, 15) is 4.79 Å².